The Bertz CT molecular complexity index is 601. The van der Waals surface area contributed by atoms with Gasteiger partial charge in [0.1, 0.15) is 6.04 Å². The van der Waals surface area contributed by atoms with Gasteiger partial charge in [0.2, 0.25) is 5.91 Å². The number of carbonyl (C=O) groups excluding carboxylic acids is 2. The third-order valence-corrected chi connectivity index (χ3v) is 5.33. The fourth-order valence-corrected chi connectivity index (χ4v) is 3.78. The number of carbonyl (C=O) groups is 2. The van der Waals surface area contributed by atoms with Gasteiger partial charge in [-0.05, 0) is 37.0 Å². The summed E-state index contributed by atoms with van der Waals surface area (Å²) in [5, 5.41) is 3.00. The minimum absolute atomic E-state index is 0.0148. The van der Waals surface area contributed by atoms with Crippen LogP contribution in [0.5, 0.6) is 0 Å². The Morgan fingerprint density at radius 1 is 1.35 bits per heavy atom. The molecule has 0 radical (unpaired) electrons. The molecule has 1 aliphatic carbocycles. The SMILES string of the molecule is CN(C)c1cccc(C(=O)N2CSC[C@@H]2C(=O)NCC2CC2)c1. The van der Waals surface area contributed by atoms with Gasteiger partial charge in [0.15, 0.2) is 0 Å². The Labute approximate surface area is 141 Å². The topological polar surface area (TPSA) is 52.7 Å². The molecule has 1 aromatic carbocycles. The van der Waals surface area contributed by atoms with Crippen LogP contribution in [0.3, 0.4) is 0 Å². The van der Waals surface area contributed by atoms with E-state index in [9.17, 15) is 9.59 Å². The molecule has 1 heterocycles. The molecule has 23 heavy (non-hydrogen) atoms. The highest BCUT2D eigenvalue weighted by Gasteiger charge is 2.35. The first kappa shape index (κ1) is 16.2. The zero-order chi connectivity index (χ0) is 16.4. The van der Waals surface area contributed by atoms with Crippen molar-refractivity contribution in [1.82, 2.24) is 10.2 Å². The summed E-state index contributed by atoms with van der Waals surface area (Å²) in [4.78, 5) is 28.8. The van der Waals surface area contributed by atoms with Gasteiger partial charge >= 0.3 is 0 Å². The first-order valence-electron chi connectivity index (χ1n) is 8.00. The van der Waals surface area contributed by atoms with E-state index in [4.69, 9.17) is 0 Å². The molecule has 3 rings (SSSR count). The summed E-state index contributed by atoms with van der Waals surface area (Å²) < 4.78 is 0. The molecule has 0 aromatic heterocycles. The van der Waals surface area contributed by atoms with Crippen molar-refractivity contribution < 1.29 is 9.59 Å². The van der Waals surface area contributed by atoms with Gasteiger partial charge in [-0.3, -0.25) is 9.59 Å². The Morgan fingerprint density at radius 3 is 2.83 bits per heavy atom. The first-order valence-corrected chi connectivity index (χ1v) is 9.15. The molecule has 1 saturated heterocycles. The number of anilines is 1. The van der Waals surface area contributed by atoms with Crippen LogP contribution in [0.25, 0.3) is 0 Å². The second-order valence-electron chi connectivity index (χ2n) is 6.42. The first-order chi connectivity index (χ1) is 11.1. The van der Waals surface area contributed by atoms with Crippen molar-refractivity contribution in [2.24, 2.45) is 5.92 Å². The summed E-state index contributed by atoms with van der Waals surface area (Å²) in [6.07, 6.45) is 2.42. The average molecular weight is 333 g/mol. The van der Waals surface area contributed by atoms with Crippen LogP contribution >= 0.6 is 11.8 Å². The summed E-state index contributed by atoms with van der Waals surface area (Å²) in [6.45, 7) is 0.748. The highest BCUT2D eigenvalue weighted by Crippen LogP contribution is 2.28. The number of thioether (sulfide) groups is 1. The summed E-state index contributed by atoms with van der Waals surface area (Å²) in [5.41, 5.74) is 1.62. The third kappa shape index (κ3) is 3.80. The van der Waals surface area contributed by atoms with E-state index in [-0.39, 0.29) is 17.9 Å². The molecule has 1 aliphatic heterocycles. The Balaban J connectivity index is 1.69. The van der Waals surface area contributed by atoms with Crippen molar-refractivity contribution in [1.29, 1.82) is 0 Å². The van der Waals surface area contributed by atoms with Crippen molar-refractivity contribution in [2.75, 3.05) is 37.2 Å². The van der Waals surface area contributed by atoms with Crippen LogP contribution in [-0.4, -0.2) is 55.0 Å². The van der Waals surface area contributed by atoms with E-state index < -0.39 is 0 Å². The molecule has 5 nitrogen and oxygen atoms in total. The lowest BCUT2D eigenvalue weighted by Crippen LogP contribution is -2.47. The van der Waals surface area contributed by atoms with Crippen molar-refractivity contribution in [3.05, 3.63) is 29.8 Å². The van der Waals surface area contributed by atoms with Gasteiger partial charge in [0, 0.05) is 37.6 Å². The number of rotatable bonds is 5. The number of amides is 2. The van der Waals surface area contributed by atoms with Gasteiger partial charge in [-0.15, -0.1) is 11.8 Å². The van der Waals surface area contributed by atoms with E-state index in [1.165, 1.54) is 12.8 Å². The Kier molecular flexibility index (Phi) is 4.80. The maximum Gasteiger partial charge on any atom is 0.255 e. The molecule has 0 spiro atoms. The second kappa shape index (κ2) is 6.83. The molecule has 0 unspecified atom stereocenters. The van der Waals surface area contributed by atoms with E-state index >= 15 is 0 Å². The molecule has 1 aromatic rings. The Morgan fingerprint density at radius 2 is 2.13 bits per heavy atom. The maximum atomic E-state index is 12.8. The summed E-state index contributed by atoms with van der Waals surface area (Å²) in [6, 6.07) is 7.19. The summed E-state index contributed by atoms with van der Waals surface area (Å²) in [5.74, 6) is 1.82. The van der Waals surface area contributed by atoms with Gasteiger partial charge < -0.3 is 15.1 Å². The smallest absolute Gasteiger partial charge is 0.255 e. The maximum absolute atomic E-state index is 12.8. The van der Waals surface area contributed by atoms with Gasteiger partial charge in [0.05, 0.1) is 5.88 Å². The van der Waals surface area contributed by atoms with Crippen LogP contribution in [0.1, 0.15) is 23.2 Å². The molecule has 124 valence electrons. The van der Waals surface area contributed by atoms with E-state index in [0.717, 1.165) is 12.2 Å². The largest absolute Gasteiger partial charge is 0.378 e. The van der Waals surface area contributed by atoms with Crippen LogP contribution in [0.4, 0.5) is 5.69 Å². The molecule has 6 heteroatoms. The monoisotopic (exact) mass is 333 g/mol. The second-order valence-corrected chi connectivity index (χ2v) is 7.42. The zero-order valence-corrected chi connectivity index (χ0v) is 14.4. The van der Waals surface area contributed by atoms with Crippen LogP contribution in [0.15, 0.2) is 24.3 Å². The van der Waals surface area contributed by atoms with E-state index in [2.05, 4.69) is 5.32 Å². The molecule has 0 bridgehead atoms. The molecule has 1 N–H and O–H groups in total. The molecule has 1 saturated carbocycles. The van der Waals surface area contributed by atoms with Gasteiger partial charge in [-0.1, -0.05) is 6.07 Å². The van der Waals surface area contributed by atoms with E-state index in [1.54, 1.807) is 16.7 Å². The van der Waals surface area contributed by atoms with Crippen molar-refractivity contribution >= 4 is 29.3 Å². The molecule has 1 atom stereocenters. The molecule has 2 fully saturated rings. The van der Waals surface area contributed by atoms with Gasteiger partial charge in [0.25, 0.3) is 5.91 Å². The van der Waals surface area contributed by atoms with Crippen molar-refractivity contribution in [3.8, 4) is 0 Å². The zero-order valence-electron chi connectivity index (χ0n) is 13.6. The lowest BCUT2D eigenvalue weighted by molar-refractivity contribution is -0.124. The normalized spacial score (nSPS) is 20.4. The minimum Gasteiger partial charge on any atom is -0.378 e. The van der Waals surface area contributed by atoms with Crippen LogP contribution in [-0.2, 0) is 4.79 Å². The Hall–Kier alpha value is -1.69. The fraction of sp³-hybridized carbons (Fsp3) is 0.529. The van der Waals surface area contributed by atoms with Gasteiger partial charge in [-0.2, -0.15) is 0 Å². The fourth-order valence-electron chi connectivity index (χ4n) is 2.63. The summed E-state index contributed by atoms with van der Waals surface area (Å²) in [7, 11) is 3.90. The predicted molar refractivity (Wildman–Crippen MR) is 93.8 cm³/mol. The predicted octanol–water partition coefficient (Wildman–Crippen LogP) is 1.79. The minimum atomic E-state index is -0.353. The van der Waals surface area contributed by atoms with Crippen LogP contribution in [0, 0.1) is 5.92 Å². The quantitative estimate of drug-likeness (QED) is 0.893. The lowest BCUT2D eigenvalue weighted by Gasteiger charge is -2.23. The third-order valence-electron chi connectivity index (χ3n) is 4.32. The highest BCUT2D eigenvalue weighted by molar-refractivity contribution is 7.99. The molecular weight excluding hydrogens is 310 g/mol. The summed E-state index contributed by atoms with van der Waals surface area (Å²) >= 11 is 1.64. The van der Waals surface area contributed by atoms with E-state index in [0.29, 0.717) is 23.1 Å². The number of hydrogen-bond donors (Lipinski definition) is 1. The number of benzene rings is 1. The van der Waals surface area contributed by atoms with Crippen LogP contribution < -0.4 is 10.2 Å². The highest BCUT2D eigenvalue weighted by atomic mass is 32.2. The molecule has 2 amide bonds. The molecule has 2 aliphatic rings. The number of hydrogen-bond acceptors (Lipinski definition) is 4. The average Bonchev–Trinajstić information content (AvgIpc) is 3.26. The van der Waals surface area contributed by atoms with Gasteiger partial charge in [-0.25, -0.2) is 0 Å². The van der Waals surface area contributed by atoms with Crippen molar-refractivity contribution in [3.63, 3.8) is 0 Å². The van der Waals surface area contributed by atoms with Crippen LogP contribution in [0.2, 0.25) is 0 Å². The number of nitrogens with zero attached hydrogens (tertiary/aromatic N) is 2. The van der Waals surface area contributed by atoms with E-state index in [1.807, 2.05) is 43.3 Å². The van der Waals surface area contributed by atoms with Crippen molar-refractivity contribution in [2.45, 2.75) is 18.9 Å². The lowest BCUT2D eigenvalue weighted by atomic mass is 10.1. The number of nitrogens with one attached hydrogen (secondary N) is 1. The molecular formula is C17H23N3O2S. The standard InChI is InChI=1S/C17H23N3O2S/c1-19(2)14-5-3-4-13(8-14)17(22)20-11-23-10-15(20)16(21)18-9-12-6-7-12/h3-5,8,12,15H,6-7,9-11H2,1-2H3,(H,18,21)/t15-/m1/s1.